The largest absolute Gasteiger partial charge is 0.477 e. The summed E-state index contributed by atoms with van der Waals surface area (Å²) in [5.74, 6) is -3.25. The van der Waals surface area contributed by atoms with Crippen molar-refractivity contribution in [2.75, 3.05) is 57.6 Å². The fourth-order valence-electron chi connectivity index (χ4n) is 6.08. The van der Waals surface area contributed by atoms with E-state index in [2.05, 4.69) is 15.2 Å². The number of nitrogens with zero attached hydrogens (tertiary/aromatic N) is 5. The highest BCUT2D eigenvalue weighted by molar-refractivity contribution is 5.98. The predicted molar refractivity (Wildman–Crippen MR) is 155 cm³/mol. The Balaban J connectivity index is 1.62. The molecule has 10 nitrogen and oxygen atoms in total. The summed E-state index contributed by atoms with van der Waals surface area (Å²) in [6, 6.07) is 2.75. The highest BCUT2D eigenvalue weighted by Crippen LogP contribution is 2.50. The van der Waals surface area contributed by atoms with Gasteiger partial charge in [0.15, 0.2) is 11.6 Å². The molecule has 0 saturated carbocycles. The zero-order valence-electron chi connectivity index (χ0n) is 23.7. The maximum Gasteiger partial charge on any atom is 0.341 e. The maximum atomic E-state index is 15.7. The van der Waals surface area contributed by atoms with Crippen molar-refractivity contribution in [2.24, 2.45) is 7.05 Å². The number of aromatic carboxylic acids is 1. The van der Waals surface area contributed by atoms with Crippen LogP contribution in [0.4, 0.5) is 20.2 Å². The third-order valence-electron chi connectivity index (χ3n) is 7.90. The van der Waals surface area contributed by atoms with Crippen LogP contribution < -0.4 is 15.6 Å². The SMILES string of the molecule is CNc1cc(F)c(F)c2c1Cc1ncc(-c3cnc4c(c3)c(=O)c(C(=O)O)cn4C)c(N3CCO[C@@H](CN(C)C)C3)c1-2. The molecule has 3 aromatic heterocycles. The highest BCUT2D eigenvalue weighted by atomic mass is 19.2. The molecule has 1 fully saturated rings. The number of carboxylic acids is 1. The van der Waals surface area contributed by atoms with Gasteiger partial charge in [0.05, 0.1) is 29.5 Å². The smallest absolute Gasteiger partial charge is 0.341 e. The van der Waals surface area contributed by atoms with Crippen LogP contribution in [0.2, 0.25) is 0 Å². The van der Waals surface area contributed by atoms with Gasteiger partial charge in [0.1, 0.15) is 11.2 Å². The van der Waals surface area contributed by atoms with Crippen molar-refractivity contribution in [2.45, 2.75) is 12.5 Å². The number of rotatable bonds is 6. The first kappa shape index (κ1) is 27.7. The summed E-state index contributed by atoms with van der Waals surface area (Å²) < 4.78 is 38.1. The van der Waals surface area contributed by atoms with E-state index in [0.717, 1.165) is 6.07 Å². The molecule has 1 aliphatic carbocycles. The number of halogens is 2. The third-order valence-corrected chi connectivity index (χ3v) is 7.90. The number of hydrogen-bond donors (Lipinski definition) is 2. The molecule has 0 spiro atoms. The van der Waals surface area contributed by atoms with Crippen molar-refractivity contribution in [3.05, 3.63) is 69.4 Å². The molecule has 1 aliphatic heterocycles. The van der Waals surface area contributed by atoms with Gasteiger partial charge in [-0.3, -0.25) is 9.78 Å². The number of morpholine rings is 1. The molecule has 218 valence electrons. The summed E-state index contributed by atoms with van der Waals surface area (Å²) in [5.41, 5.74) is 3.37. The molecule has 4 aromatic rings. The number of carbonyl (C=O) groups is 1. The second-order valence-electron chi connectivity index (χ2n) is 10.9. The lowest BCUT2D eigenvalue weighted by molar-refractivity contribution is 0.0248. The number of carboxylic acid groups (broad SMARTS) is 1. The van der Waals surface area contributed by atoms with Crippen molar-refractivity contribution in [1.29, 1.82) is 0 Å². The molecule has 42 heavy (non-hydrogen) atoms. The number of pyridine rings is 3. The number of ether oxygens (including phenoxy) is 1. The Morgan fingerprint density at radius 1 is 1.21 bits per heavy atom. The monoisotopic (exact) mass is 576 g/mol. The fourth-order valence-corrected chi connectivity index (χ4v) is 6.08. The molecular weight excluding hydrogens is 546 g/mol. The number of benzene rings is 1. The topological polar surface area (TPSA) is 113 Å². The van der Waals surface area contributed by atoms with Crippen molar-refractivity contribution in [3.63, 3.8) is 0 Å². The van der Waals surface area contributed by atoms with Crippen LogP contribution in [0.25, 0.3) is 33.3 Å². The Labute approximate surface area is 240 Å². The molecular formula is C30H30F2N6O4. The van der Waals surface area contributed by atoms with Gasteiger partial charge in [0.2, 0.25) is 5.43 Å². The molecule has 12 heteroatoms. The van der Waals surface area contributed by atoms with Crippen LogP contribution in [0.3, 0.4) is 0 Å². The number of fused-ring (bicyclic) bond motifs is 4. The summed E-state index contributed by atoms with van der Waals surface area (Å²) >= 11 is 0. The molecule has 0 bridgehead atoms. The normalized spacial score (nSPS) is 16.2. The molecule has 2 N–H and O–H groups in total. The van der Waals surface area contributed by atoms with Crippen LogP contribution in [0.15, 0.2) is 35.5 Å². The lowest BCUT2D eigenvalue weighted by Crippen LogP contribution is -2.46. The van der Waals surface area contributed by atoms with Crippen LogP contribution in [-0.4, -0.2) is 84.0 Å². The van der Waals surface area contributed by atoms with E-state index in [-0.39, 0.29) is 22.6 Å². The quantitative estimate of drug-likeness (QED) is 0.314. The Hall–Kier alpha value is -4.42. The van der Waals surface area contributed by atoms with Gasteiger partial charge in [-0.05, 0) is 25.7 Å². The average molecular weight is 577 g/mol. The molecule has 1 atom stereocenters. The highest BCUT2D eigenvalue weighted by Gasteiger charge is 2.35. The standard InChI is InChI=1S/C30H30F2N6O4/c1-33-22-9-21(31)26(32)24-17(22)8-23-25(24)27(38-5-6-42-16(13-38)12-36(2)3)19(11-34-23)15-7-18-28(39)20(30(40)41)14-37(4)29(18)35-10-15/h7,9-11,14,16,33H,5-6,8,12-13H2,1-4H3,(H,40,41)/t16-/m0/s1. The van der Waals surface area contributed by atoms with Crippen LogP contribution >= 0.6 is 0 Å². The maximum absolute atomic E-state index is 15.7. The summed E-state index contributed by atoms with van der Waals surface area (Å²) in [5, 5.41) is 12.7. The fraction of sp³-hybridized carbons (Fsp3) is 0.333. The lowest BCUT2D eigenvalue weighted by atomic mass is 9.96. The molecule has 6 rings (SSSR count). The van der Waals surface area contributed by atoms with E-state index >= 15 is 4.39 Å². The summed E-state index contributed by atoms with van der Waals surface area (Å²) in [4.78, 5) is 38.2. The van der Waals surface area contributed by atoms with E-state index in [1.807, 2.05) is 19.0 Å². The van der Waals surface area contributed by atoms with Gasteiger partial charge in [-0.15, -0.1) is 0 Å². The van der Waals surface area contributed by atoms with Crippen LogP contribution in [0.5, 0.6) is 0 Å². The average Bonchev–Trinajstić information content (AvgIpc) is 3.35. The molecule has 0 unspecified atom stereocenters. The Morgan fingerprint density at radius 2 is 2.00 bits per heavy atom. The minimum Gasteiger partial charge on any atom is -0.477 e. The van der Waals surface area contributed by atoms with Gasteiger partial charge in [0.25, 0.3) is 0 Å². The molecule has 4 heterocycles. The zero-order chi connectivity index (χ0) is 29.9. The van der Waals surface area contributed by atoms with Crippen LogP contribution in [0, 0.1) is 11.6 Å². The van der Waals surface area contributed by atoms with Crippen LogP contribution in [-0.2, 0) is 18.2 Å². The van der Waals surface area contributed by atoms with E-state index in [4.69, 9.17) is 9.72 Å². The lowest BCUT2D eigenvalue weighted by Gasteiger charge is -2.37. The van der Waals surface area contributed by atoms with Crippen molar-refractivity contribution >= 4 is 28.4 Å². The first-order chi connectivity index (χ1) is 20.1. The first-order valence-electron chi connectivity index (χ1n) is 13.5. The minimum atomic E-state index is -1.34. The van der Waals surface area contributed by atoms with Crippen molar-refractivity contribution in [3.8, 4) is 22.3 Å². The van der Waals surface area contributed by atoms with Crippen LogP contribution in [0.1, 0.15) is 21.6 Å². The van der Waals surface area contributed by atoms with E-state index in [1.54, 1.807) is 32.6 Å². The van der Waals surface area contributed by atoms with Crippen molar-refractivity contribution < 1.29 is 23.4 Å². The molecule has 1 saturated heterocycles. The molecule has 2 aliphatic rings. The van der Waals surface area contributed by atoms with E-state index < -0.39 is 23.0 Å². The van der Waals surface area contributed by atoms with E-state index in [0.29, 0.717) is 77.6 Å². The summed E-state index contributed by atoms with van der Waals surface area (Å²) in [7, 11) is 7.20. The van der Waals surface area contributed by atoms with Gasteiger partial charge in [0, 0.05) is 92.7 Å². The Morgan fingerprint density at radius 3 is 2.71 bits per heavy atom. The minimum absolute atomic E-state index is 0.129. The predicted octanol–water partition coefficient (Wildman–Crippen LogP) is 3.35. The van der Waals surface area contributed by atoms with Gasteiger partial charge in [-0.25, -0.2) is 18.6 Å². The Bertz CT molecular complexity index is 1820. The van der Waals surface area contributed by atoms with Crippen molar-refractivity contribution in [1.82, 2.24) is 19.4 Å². The van der Waals surface area contributed by atoms with Gasteiger partial charge < -0.3 is 29.5 Å². The number of nitrogens with one attached hydrogen (secondary N) is 1. The van der Waals surface area contributed by atoms with E-state index in [9.17, 15) is 19.1 Å². The number of aromatic nitrogens is 3. The summed E-state index contributed by atoms with van der Waals surface area (Å²) in [6.07, 6.45) is 4.67. The Kier molecular flexibility index (Phi) is 6.90. The van der Waals surface area contributed by atoms with Gasteiger partial charge >= 0.3 is 5.97 Å². The molecule has 0 amide bonds. The first-order valence-corrected chi connectivity index (χ1v) is 13.5. The van der Waals surface area contributed by atoms with Gasteiger partial charge in [-0.1, -0.05) is 0 Å². The molecule has 1 aromatic carbocycles. The van der Waals surface area contributed by atoms with Gasteiger partial charge in [-0.2, -0.15) is 0 Å². The number of anilines is 2. The second kappa shape index (κ2) is 10.4. The zero-order valence-corrected chi connectivity index (χ0v) is 23.7. The second-order valence-corrected chi connectivity index (χ2v) is 10.9. The number of likely N-dealkylation sites (N-methyl/N-ethyl adjacent to an activating group) is 1. The number of hydrogen-bond acceptors (Lipinski definition) is 8. The van der Waals surface area contributed by atoms with E-state index in [1.165, 1.54) is 10.8 Å². The summed E-state index contributed by atoms with van der Waals surface area (Å²) in [6.45, 7) is 2.06. The third kappa shape index (κ3) is 4.47. The molecule has 0 radical (unpaired) electrons. The number of aryl methyl sites for hydroxylation is 1.